The molecule has 1 aliphatic rings. The number of benzene rings is 2. The zero-order valence-electron chi connectivity index (χ0n) is 20.9. The molecule has 0 unspecified atom stereocenters. The van der Waals surface area contributed by atoms with E-state index in [4.69, 9.17) is 4.98 Å². The molecular weight excluding hydrogens is 469 g/mol. The Labute approximate surface area is 215 Å². The molecule has 1 saturated heterocycles. The normalized spacial score (nSPS) is 14.0. The maximum Gasteiger partial charge on any atom is 0.233 e. The third-order valence-corrected chi connectivity index (χ3v) is 6.38. The van der Waals surface area contributed by atoms with E-state index in [1.54, 1.807) is 24.4 Å². The number of anilines is 3. The van der Waals surface area contributed by atoms with Crippen LogP contribution in [0.1, 0.15) is 21.5 Å². The molecule has 0 atom stereocenters. The summed E-state index contributed by atoms with van der Waals surface area (Å²) in [7, 11) is 2.08. The van der Waals surface area contributed by atoms with Crippen LogP contribution >= 0.6 is 0 Å². The number of rotatable bonds is 7. The number of hydrogen-bond donors (Lipinski definition) is 1. The van der Waals surface area contributed by atoms with E-state index in [9.17, 15) is 9.18 Å². The van der Waals surface area contributed by atoms with Crippen LogP contribution < -0.4 is 10.2 Å². The van der Waals surface area contributed by atoms with E-state index in [1.807, 2.05) is 37.3 Å². The fourth-order valence-electron chi connectivity index (χ4n) is 4.19. The number of aromatic nitrogens is 4. The first-order valence-electron chi connectivity index (χ1n) is 12.2. The molecule has 2 aromatic heterocycles. The molecule has 1 N–H and O–H groups in total. The zero-order chi connectivity index (χ0) is 25.8. The number of halogens is 1. The number of pyridine rings is 1. The van der Waals surface area contributed by atoms with Crippen molar-refractivity contribution in [1.29, 1.82) is 0 Å². The Balaban J connectivity index is 1.45. The minimum absolute atomic E-state index is 0.0125. The van der Waals surface area contributed by atoms with Crippen molar-refractivity contribution in [2.45, 2.75) is 13.3 Å². The predicted octanol–water partition coefficient (Wildman–Crippen LogP) is 4.30. The van der Waals surface area contributed by atoms with Crippen LogP contribution in [-0.2, 0) is 6.42 Å². The van der Waals surface area contributed by atoms with Gasteiger partial charge in [0.15, 0.2) is 11.6 Å². The van der Waals surface area contributed by atoms with Crippen LogP contribution in [0.4, 0.5) is 22.1 Å². The first kappa shape index (κ1) is 24.5. The first-order valence-corrected chi connectivity index (χ1v) is 12.2. The number of hydrogen-bond acceptors (Lipinski definition) is 8. The van der Waals surface area contributed by atoms with Crippen molar-refractivity contribution in [3.63, 3.8) is 0 Å². The molecule has 188 valence electrons. The number of nitrogens with zero attached hydrogens (tertiary/aromatic N) is 6. The van der Waals surface area contributed by atoms with E-state index < -0.39 is 0 Å². The molecule has 37 heavy (non-hydrogen) atoms. The summed E-state index contributed by atoms with van der Waals surface area (Å²) < 4.78 is 14.1. The Hall–Kier alpha value is -4.24. The number of nitrogens with one attached hydrogen (secondary N) is 1. The predicted molar refractivity (Wildman–Crippen MR) is 142 cm³/mol. The topological polar surface area (TPSA) is 87.1 Å². The Morgan fingerprint density at radius 1 is 0.973 bits per heavy atom. The van der Waals surface area contributed by atoms with E-state index in [0.717, 1.165) is 37.3 Å². The third kappa shape index (κ3) is 5.95. The van der Waals surface area contributed by atoms with Crippen LogP contribution in [0, 0.1) is 12.7 Å². The highest BCUT2D eigenvalue weighted by Gasteiger charge is 2.20. The van der Waals surface area contributed by atoms with E-state index in [1.165, 1.54) is 12.1 Å². The van der Waals surface area contributed by atoms with Crippen LogP contribution in [-0.4, -0.2) is 63.8 Å². The van der Waals surface area contributed by atoms with Crippen molar-refractivity contribution in [2.24, 2.45) is 0 Å². The second-order valence-electron chi connectivity index (χ2n) is 9.17. The average molecular weight is 498 g/mol. The average Bonchev–Trinajstić information content (AvgIpc) is 2.91. The third-order valence-electron chi connectivity index (χ3n) is 6.38. The molecule has 9 heteroatoms. The molecule has 8 nitrogen and oxygen atoms in total. The Morgan fingerprint density at radius 2 is 1.76 bits per heavy atom. The maximum absolute atomic E-state index is 14.1. The molecule has 2 aromatic carbocycles. The van der Waals surface area contributed by atoms with Crippen molar-refractivity contribution < 1.29 is 9.18 Å². The van der Waals surface area contributed by atoms with Gasteiger partial charge >= 0.3 is 0 Å². The van der Waals surface area contributed by atoms with Gasteiger partial charge < -0.3 is 15.1 Å². The van der Waals surface area contributed by atoms with Gasteiger partial charge in [-0.3, -0.25) is 4.79 Å². The fraction of sp³-hybridized carbons (Fsp3) is 0.250. The highest BCUT2D eigenvalue weighted by atomic mass is 19.1. The van der Waals surface area contributed by atoms with Gasteiger partial charge in [-0.1, -0.05) is 36.4 Å². The quantitative estimate of drug-likeness (QED) is 0.378. The van der Waals surface area contributed by atoms with E-state index >= 15 is 0 Å². The lowest BCUT2D eigenvalue weighted by atomic mass is 10.0. The molecule has 3 heterocycles. The fourth-order valence-corrected chi connectivity index (χ4v) is 4.19. The van der Waals surface area contributed by atoms with Gasteiger partial charge in [-0.2, -0.15) is 15.0 Å². The second-order valence-corrected chi connectivity index (χ2v) is 9.17. The minimum atomic E-state index is -0.358. The SMILES string of the molecule is Cc1ccc(F)cc1-c1nc(Nc2cc(C(=O)Cc3ccccc3)ccn2)nc(N2CCN(C)CC2)n1. The first-order chi connectivity index (χ1) is 17.9. The molecule has 1 aliphatic heterocycles. The van der Waals surface area contributed by atoms with Gasteiger partial charge in [0.25, 0.3) is 0 Å². The van der Waals surface area contributed by atoms with Crippen LogP contribution in [0.15, 0.2) is 66.9 Å². The number of aryl methyl sites for hydroxylation is 1. The molecule has 0 saturated carbocycles. The van der Waals surface area contributed by atoms with Crippen molar-refractivity contribution in [3.8, 4) is 11.4 Å². The lowest BCUT2D eigenvalue weighted by Gasteiger charge is -2.32. The van der Waals surface area contributed by atoms with Crippen LogP contribution in [0.5, 0.6) is 0 Å². The Morgan fingerprint density at radius 3 is 2.54 bits per heavy atom. The summed E-state index contributed by atoms with van der Waals surface area (Å²) >= 11 is 0. The van der Waals surface area contributed by atoms with Crippen LogP contribution in [0.25, 0.3) is 11.4 Å². The molecule has 1 fully saturated rings. The lowest BCUT2D eigenvalue weighted by Crippen LogP contribution is -2.45. The summed E-state index contributed by atoms with van der Waals surface area (Å²) in [6.07, 6.45) is 1.88. The molecule has 0 amide bonds. The molecule has 5 rings (SSSR count). The monoisotopic (exact) mass is 497 g/mol. The van der Waals surface area contributed by atoms with E-state index in [0.29, 0.717) is 35.1 Å². The van der Waals surface area contributed by atoms with Crippen molar-refractivity contribution in [3.05, 3.63) is 89.4 Å². The highest BCUT2D eigenvalue weighted by molar-refractivity contribution is 5.98. The zero-order valence-corrected chi connectivity index (χ0v) is 20.9. The van der Waals surface area contributed by atoms with Gasteiger partial charge in [0, 0.05) is 49.9 Å². The Bertz CT molecular complexity index is 1410. The molecule has 0 radical (unpaired) electrons. The second kappa shape index (κ2) is 10.8. The van der Waals surface area contributed by atoms with E-state index in [2.05, 4.69) is 37.1 Å². The summed E-state index contributed by atoms with van der Waals surface area (Å²) in [5, 5.41) is 3.14. The van der Waals surface area contributed by atoms with Gasteiger partial charge in [-0.25, -0.2) is 9.37 Å². The summed E-state index contributed by atoms with van der Waals surface area (Å²) in [5.74, 6) is 1.24. The molecule has 0 spiro atoms. The number of carbonyl (C=O) groups excluding carboxylic acids is 1. The maximum atomic E-state index is 14.1. The van der Waals surface area contributed by atoms with Crippen molar-refractivity contribution in [2.75, 3.05) is 43.4 Å². The van der Waals surface area contributed by atoms with Gasteiger partial charge in [0.1, 0.15) is 11.6 Å². The summed E-state index contributed by atoms with van der Waals surface area (Å²) in [5.41, 5.74) is 2.94. The summed E-state index contributed by atoms with van der Waals surface area (Å²) in [6, 6.07) is 17.6. The van der Waals surface area contributed by atoms with Crippen molar-refractivity contribution in [1.82, 2.24) is 24.8 Å². The lowest BCUT2D eigenvalue weighted by molar-refractivity contribution is 0.0993. The number of carbonyl (C=O) groups is 1. The summed E-state index contributed by atoms with van der Waals surface area (Å²) in [6.45, 7) is 5.20. The largest absolute Gasteiger partial charge is 0.338 e. The van der Waals surface area contributed by atoms with Gasteiger partial charge in [0.2, 0.25) is 11.9 Å². The van der Waals surface area contributed by atoms with Crippen molar-refractivity contribution >= 4 is 23.5 Å². The van der Waals surface area contributed by atoms with Gasteiger partial charge in [-0.15, -0.1) is 0 Å². The minimum Gasteiger partial charge on any atom is -0.338 e. The molecule has 0 bridgehead atoms. The number of Topliss-reactive ketones (excluding diaryl/α,β-unsaturated/α-hetero) is 1. The van der Waals surface area contributed by atoms with Gasteiger partial charge in [-0.05, 0) is 49.4 Å². The van der Waals surface area contributed by atoms with Crippen LogP contribution in [0.2, 0.25) is 0 Å². The molecule has 0 aliphatic carbocycles. The molecule has 4 aromatic rings. The highest BCUT2D eigenvalue weighted by Crippen LogP contribution is 2.25. The smallest absolute Gasteiger partial charge is 0.233 e. The number of piperazine rings is 1. The number of ketones is 1. The van der Waals surface area contributed by atoms with Gasteiger partial charge in [0.05, 0.1) is 0 Å². The van der Waals surface area contributed by atoms with Crippen LogP contribution in [0.3, 0.4) is 0 Å². The molecular formula is C28H28FN7O. The Kier molecular flexibility index (Phi) is 7.14. The standard InChI is InChI=1S/C28H28FN7O/c1-19-8-9-22(29)18-23(19)26-32-27(34-28(33-26)36-14-12-35(2)13-15-36)31-25-17-21(10-11-30-25)24(37)16-20-6-4-3-5-7-20/h3-11,17-18H,12-16H2,1-2H3,(H,30,31,32,33,34). The summed E-state index contributed by atoms with van der Waals surface area (Å²) in [4.78, 5) is 35.5. The number of likely N-dealkylation sites (N-methyl/N-ethyl adjacent to an activating group) is 1. The van der Waals surface area contributed by atoms with E-state index in [-0.39, 0.29) is 17.5 Å².